The van der Waals surface area contributed by atoms with Crippen molar-refractivity contribution in [2.75, 3.05) is 5.32 Å². The van der Waals surface area contributed by atoms with E-state index in [9.17, 15) is 13.2 Å². The van der Waals surface area contributed by atoms with Gasteiger partial charge < -0.3 is 0 Å². The van der Waals surface area contributed by atoms with E-state index >= 15 is 0 Å². The van der Waals surface area contributed by atoms with Crippen molar-refractivity contribution in [2.24, 2.45) is 0 Å². The summed E-state index contributed by atoms with van der Waals surface area (Å²) < 4.78 is 37.6. The molecule has 110 valence electrons. The van der Waals surface area contributed by atoms with Gasteiger partial charge in [0, 0.05) is 6.07 Å². The fourth-order valence-electron chi connectivity index (χ4n) is 2.78. The highest BCUT2D eigenvalue weighted by atomic mass is 19.4. The number of rotatable bonds is 2. The van der Waals surface area contributed by atoms with Gasteiger partial charge in [0.15, 0.2) is 0 Å². The molecule has 0 amide bonds. The normalized spacial score (nSPS) is 18.1. The average molecular weight is 293 g/mol. The van der Waals surface area contributed by atoms with Gasteiger partial charge in [-0.05, 0) is 36.5 Å². The van der Waals surface area contributed by atoms with Crippen molar-refractivity contribution < 1.29 is 18.2 Å². The summed E-state index contributed by atoms with van der Waals surface area (Å²) in [4.78, 5) is 2.69. The Morgan fingerprint density at radius 2 is 1.90 bits per heavy atom. The van der Waals surface area contributed by atoms with Crippen LogP contribution in [0.2, 0.25) is 0 Å². The zero-order valence-corrected chi connectivity index (χ0v) is 11.4. The predicted molar refractivity (Wildman–Crippen MR) is 73.7 cm³/mol. The van der Waals surface area contributed by atoms with Crippen LogP contribution in [0.5, 0.6) is 0 Å². The standard InChI is InChI=1S/C16H15F3N2/c17-16(18,19)12-8-9-15(20-10-12)21-14-7-3-5-11-4-1-2-6-13(11)14/h1-2,4,6,8-10,14H,3,5,7H2,(H,20,21)/p+1/t14-/m0/s1. The summed E-state index contributed by atoms with van der Waals surface area (Å²) in [5, 5.41) is 3.29. The fraction of sp³-hybridized carbons (Fsp3) is 0.312. The molecule has 0 fully saturated rings. The lowest BCUT2D eigenvalue weighted by molar-refractivity contribution is -0.365. The van der Waals surface area contributed by atoms with Crippen molar-refractivity contribution >= 4 is 5.82 Å². The lowest BCUT2D eigenvalue weighted by atomic mass is 9.88. The molecule has 0 bridgehead atoms. The van der Waals surface area contributed by atoms with Crippen LogP contribution in [0.25, 0.3) is 0 Å². The minimum Gasteiger partial charge on any atom is -0.268 e. The van der Waals surface area contributed by atoms with Gasteiger partial charge in [-0.3, -0.25) is 5.32 Å². The third kappa shape index (κ3) is 3.01. The lowest BCUT2D eigenvalue weighted by Crippen LogP contribution is -2.22. The molecule has 5 heteroatoms. The molecule has 0 unspecified atom stereocenters. The monoisotopic (exact) mass is 293 g/mol. The molecule has 2 N–H and O–H groups in total. The Balaban J connectivity index is 1.79. The number of hydrogen-bond acceptors (Lipinski definition) is 1. The molecule has 21 heavy (non-hydrogen) atoms. The molecule has 0 saturated carbocycles. The SMILES string of the molecule is FC(F)(F)c1ccc(N[C@H]2CCCc3ccccc32)[nH+]c1. The van der Waals surface area contributed by atoms with Crippen LogP contribution in [-0.4, -0.2) is 0 Å². The van der Waals surface area contributed by atoms with E-state index in [1.165, 1.54) is 17.2 Å². The molecular formula is C16H16F3N2+. The Morgan fingerprint density at radius 1 is 1.10 bits per heavy atom. The van der Waals surface area contributed by atoms with Crippen LogP contribution in [0.15, 0.2) is 42.6 Å². The largest absolute Gasteiger partial charge is 0.419 e. The first-order valence-corrected chi connectivity index (χ1v) is 6.97. The summed E-state index contributed by atoms with van der Waals surface area (Å²) in [5.41, 5.74) is 1.88. The molecule has 1 aliphatic carbocycles. The van der Waals surface area contributed by atoms with Gasteiger partial charge in [-0.15, -0.1) is 0 Å². The van der Waals surface area contributed by atoms with E-state index in [1.54, 1.807) is 0 Å². The van der Waals surface area contributed by atoms with E-state index in [2.05, 4.69) is 22.4 Å². The first-order valence-electron chi connectivity index (χ1n) is 6.97. The van der Waals surface area contributed by atoms with Gasteiger partial charge in [0.05, 0.1) is 5.56 Å². The summed E-state index contributed by atoms with van der Waals surface area (Å²) in [6.07, 6.45) is -0.199. The average Bonchev–Trinajstić information content (AvgIpc) is 2.47. The maximum Gasteiger partial charge on any atom is 0.419 e. The number of anilines is 1. The van der Waals surface area contributed by atoms with Crippen LogP contribution < -0.4 is 10.3 Å². The third-order valence-corrected chi connectivity index (χ3v) is 3.84. The van der Waals surface area contributed by atoms with Gasteiger partial charge in [-0.2, -0.15) is 13.2 Å². The maximum atomic E-state index is 12.5. The van der Waals surface area contributed by atoms with E-state index in [1.807, 2.05) is 12.1 Å². The summed E-state index contributed by atoms with van der Waals surface area (Å²) in [7, 11) is 0. The minimum absolute atomic E-state index is 0.142. The Labute approximate surface area is 121 Å². The lowest BCUT2D eigenvalue weighted by Gasteiger charge is -2.23. The zero-order chi connectivity index (χ0) is 14.9. The van der Waals surface area contributed by atoms with Crippen molar-refractivity contribution in [2.45, 2.75) is 31.5 Å². The highest BCUT2D eigenvalue weighted by Crippen LogP contribution is 2.32. The molecule has 2 aromatic rings. The number of aryl methyl sites for hydroxylation is 1. The molecule has 1 atom stereocenters. The second kappa shape index (κ2) is 5.39. The Bertz CT molecular complexity index is 620. The van der Waals surface area contributed by atoms with Gasteiger partial charge in [0.1, 0.15) is 12.2 Å². The summed E-state index contributed by atoms with van der Waals surface area (Å²) in [6, 6.07) is 10.9. The number of H-pyrrole nitrogens is 1. The molecule has 0 radical (unpaired) electrons. The number of fused-ring (bicyclic) bond motifs is 1. The van der Waals surface area contributed by atoms with E-state index in [0.717, 1.165) is 31.5 Å². The van der Waals surface area contributed by atoms with E-state index in [-0.39, 0.29) is 6.04 Å². The van der Waals surface area contributed by atoms with Crippen molar-refractivity contribution in [3.63, 3.8) is 0 Å². The topological polar surface area (TPSA) is 26.2 Å². The quantitative estimate of drug-likeness (QED) is 0.889. The third-order valence-electron chi connectivity index (χ3n) is 3.84. The first kappa shape index (κ1) is 13.9. The van der Waals surface area contributed by atoms with Crippen molar-refractivity contribution in [3.8, 4) is 0 Å². The molecule has 3 rings (SSSR count). The second-order valence-corrected chi connectivity index (χ2v) is 5.28. The van der Waals surface area contributed by atoms with Gasteiger partial charge in [0.2, 0.25) is 0 Å². The Kier molecular flexibility index (Phi) is 3.57. The van der Waals surface area contributed by atoms with Crippen LogP contribution in [0.1, 0.15) is 35.6 Å². The Hall–Kier alpha value is -2.04. The highest BCUT2D eigenvalue weighted by Gasteiger charge is 2.32. The summed E-state index contributed by atoms with van der Waals surface area (Å²) >= 11 is 0. The molecule has 2 nitrogen and oxygen atoms in total. The van der Waals surface area contributed by atoms with E-state index < -0.39 is 11.7 Å². The highest BCUT2D eigenvalue weighted by molar-refractivity contribution is 5.39. The van der Waals surface area contributed by atoms with Gasteiger partial charge in [0.25, 0.3) is 5.82 Å². The Morgan fingerprint density at radius 3 is 2.62 bits per heavy atom. The van der Waals surface area contributed by atoms with Crippen molar-refractivity contribution in [1.29, 1.82) is 0 Å². The number of nitrogens with one attached hydrogen (secondary N) is 2. The molecule has 1 aromatic carbocycles. The predicted octanol–water partition coefficient (Wildman–Crippen LogP) is 4.01. The van der Waals surface area contributed by atoms with Crippen LogP contribution in [0.3, 0.4) is 0 Å². The number of halogens is 3. The van der Waals surface area contributed by atoms with Gasteiger partial charge >= 0.3 is 6.18 Å². The molecule has 0 spiro atoms. The van der Waals surface area contributed by atoms with Crippen LogP contribution >= 0.6 is 0 Å². The number of aromatic nitrogens is 1. The number of benzene rings is 1. The second-order valence-electron chi connectivity index (χ2n) is 5.28. The van der Waals surface area contributed by atoms with Crippen LogP contribution in [0.4, 0.5) is 19.0 Å². The van der Waals surface area contributed by atoms with Crippen LogP contribution in [-0.2, 0) is 12.6 Å². The summed E-state index contributed by atoms with van der Waals surface area (Å²) in [6.45, 7) is 0. The van der Waals surface area contributed by atoms with Gasteiger partial charge in [-0.25, -0.2) is 4.98 Å². The fourth-order valence-corrected chi connectivity index (χ4v) is 2.78. The number of hydrogen-bond donors (Lipinski definition) is 1. The van der Waals surface area contributed by atoms with Crippen molar-refractivity contribution in [3.05, 3.63) is 59.3 Å². The first-order chi connectivity index (χ1) is 10.0. The number of aromatic amines is 1. The minimum atomic E-state index is -4.31. The van der Waals surface area contributed by atoms with Crippen LogP contribution in [0, 0.1) is 0 Å². The summed E-state index contributed by atoms with van der Waals surface area (Å²) in [5.74, 6) is 0.602. The molecule has 0 saturated heterocycles. The smallest absolute Gasteiger partial charge is 0.268 e. The molecule has 1 aliphatic rings. The molecule has 1 aromatic heterocycles. The number of alkyl halides is 3. The van der Waals surface area contributed by atoms with Gasteiger partial charge in [-0.1, -0.05) is 24.3 Å². The molecule has 1 heterocycles. The molecule has 0 aliphatic heterocycles. The van der Waals surface area contributed by atoms with E-state index in [4.69, 9.17) is 0 Å². The zero-order valence-electron chi connectivity index (χ0n) is 11.4. The number of pyridine rings is 1. The maximum absolute atomic E-state index is 12.5. The van der Waals surface area contributed by atoms with E-state index in [0.29, 0.717) is 5.82 Å². The molecular weight excluding hydrogens is 277 g/mol. The van der Waals surface area contributed by atoms with Crippen molar-refractivity contribution in [1.82, 2.24) is 0 Å².